The van der Waals surface area contributed by atoms with Crippen LogP contribution in [0.4, 0.5) is 4.39 Å². The van der Waals surface area contributed by atoms with Crippen LogP contribution in [0.3, 0.4) is 0 Å². The van der Waals surface area contributed by atoms with Crippen molar-refractivity contribution in [2.75, 3.05) is 6.54 Å². The number of nitrogens with zero attached hydrogens (tertiary/aromatic N) is 4. The molecule has 0 N–H and O–H groups in total. The Labute approximate surface area is 156 Å². The summed E-state index contributed by atoms with van der Waals surface area (Å²) < 4.78 is 49.0. The highest BCUT2D eigenvalue weighted by Crippen LogP contribution is 2.34. The summed E-state index contributed by atoms with van der Waals surface area (Å²) in [5.41, 5.74) is 2.30. The Bertz CT molecular complexity index is 1130. The van der Waals surface area contributed by atoms with E-state index >= 15 is 0 Å². The SMILES string of the molecule is Cc1nn(C)c(C)c1S(=O)(=O)N1CCc2onc(-c3ccccc3F)c2C1. The first-order valence-electron chi connectivity index (χ1n) is 8.53. The van der Waals surface area contributed by atoms with E-state index in [4.69, 9.17) is 4.52 Å². The number of fused-ring (bicyclic) bond motifs is 1. The number of rotatable bonds is 3. The second-order valence-electron chi connectivity index (χ2n) is 6.62. The lowest BCUT2D eigenvalue weighted by atomic mass is 10.0. The lowest BCUT2D eigenvalue weighted by Crippen LogP contribution is -2.36. The van der Waals surface area contributed by atoms with Gasteiger partial charge in [-0.05, 0) is 26.0 Å². The number of aromatic nitrogens is 3. The molecule has 3 heterocycles. The Morgan fingerprint density at radius 3 is 2.63 bits per heavy atom. The molecule has 0 fully saturated rings. The highest BCUT2D eigenvalue weighted by atomic mass is 32.2. The van der Waals surface area contributed by atoms with Gasteiger partial charge in [0.25, 0.3) is 0 Å². The molecule has 0 spiro atoms. The Hall–Kier alpha value is -2.52. The first kappa shape index (κ1) is 17.9. The number of halogens is 1. The van der Waals surface area contributed by atoms with E-state index in [1.807, 2.05) is 0 Å². The smallest absolute Gasteiger partial charge is 0.247 e. The summed E-state index contributed by atoms with van der Waals surface area (Å²) in [6.07, 6.45) is 0.383. The Kier molecular flexibility index (Phi) is 4.15. The molecule has 0 unspecified atom stereocenters. The van der Waals surface area contributed by atoms with E-state index < -0.39 is 15.8 Å². The van der Waals surface area contributed by atoms with Crippen molar-refractivity contribution < 1.29 is 17.3 Å². The fourth-order valence-electron chi connectivity index (χ4n) is 3.51. The maximum absolute atomic E-state index is 14.2. The second-order valence-corrected chi connectivity index (χ2v) is 8.50. The number of aryl methyl sites for hydroxylation is 2. The van der Waals surface area contributed by atoms with Crippen molar-refractivity contribution in [3.8, 4) is 11.3 Å². The monoisotopic (exact) mass is 390 g/mol. The van der Waals surface area contributed by atoms with Crippen LogP contribution < -0.4 is 0 Å². The molecule has 4 rings (SSSR count). The van der Waals surface area contributed by atoms with Crippen molar-refractivity contribution in [3.63, 3.8) is 0 Å². The molecule has 142 valence electrons. The lowest BCUT2D eigenvalue weighted by molar-refractivity contribution is 0.331. The lowest BCUT2D eigenvalue weighted by Gasteiger charge is -2.25. The second kappa shape index (κ2) is 6.28. The predicted octanol–water partition coefficient (Wildman–Crippen LogP) is 2.58. The quantitative estimate of drug-likeness (QED) is 0.687. The van der Waals surface area contributed by atoms with E-state index in [1.54, 1.807) is 43.8 Å². The minimum absolute atomic E-state index is 0.0820. The number of hydrogen-bond donors (Lipinski definition) is 0. The van der Waals surface area contributed by atoms with E-state index in [1.165, 1.54) is 10.4 Å². The molecular weight excluding hydrogens is 371 g/mol. The molecular formula is C18H19FN4O3S. The van der Waals surface area contributed by atoms with Gasteiger partial charge in [-0.15, -0.1) is 0 Å². The number of benzene rings is 1. The molecule has 27 heavy (non-hydrogen) atoms. The van der Waals surface area contributed by atoms with Gasteiger partial charge < -0.3 is 4.52 Å². The molecule has 0 atom stereocenters. The van der Waals surface area contributed by atoms with Crippen molar-refractivity contribution in [3.05, 3.63) is 52.8 Å². The van der Waals surface area contributed by atoms with Crippen molar-refractivity contribution in [2.24, 2.45) is 7.05 Å². The zero-order chi connectivity index (χ0) is 19.3. The van der Waals surface area contributed by atoms with E-state index in [0.717, 1.165) is 0 Å². The van der Waals surface area contributed by atoms with E-state index in [0.29, 0.717) is 40.4 Å². The molecule has 0 saturated carbocycles. The summed E-state index contributed by atoms with van der Waals surface area (Å²) in [6.45, 7) is 3.76. The molecule has 0 saturated heterocycles. The van der Waals surface area contributed by atoms with Gasteiger partial charge in [0, 0.05) is 37.7 Å². The number of hydrogen-bond acceptors (Lipinski definition) is 5. The van der Waals surface area contributed by atoms with Gasteiger partial charge in [0.2, 0.25) is 10.0 Å². The zero-order valence-corrected chi connectivity index (χ0v) is 16.0. The third-order valence-corrected chi connectivity index (χ3v) is 7.06. The molecule has 2 aromatic heterocycles. The van der Waals surface area contributed by atoms with Crippen LogP contribution in [-0.2, 0) is 30.0 Å². The number of sulfonamides is 1. The first-order chi connectivity index (χ1) is 12.8. The van der Waals surface area contributed by atoms with Crippen molar-refractivity contribution in [1.82, 2.24) is 19.2 Å². The van der Waals surface area contributed by atoms with Gasteiger partial charge in [-0.1, -0.05) is 17.3 Å². The van der Waals surface area contributed by atoms with Gasteiger partial charge in [-0.3, -0.25) is 4.68 Å². The van der Waals surface area contributed by atoms with Crippen molar-refractivity contribution >= 4 is 10.0 Å². The molecule has 0 amide bonds. The normalized spacial score (nSPS) is 15.1. The summed E-state index contributed by atoms with van der Waals surface area (Å²) in [5.74, 6) is 0.173. The Balaban J connectivity index is 1.75. The fraction of sp³-hybridized carbons (Fsp3) is 0.333. The third-order valence-electron chi connectivity index (χ3n) is 4.96. The van der Waals surface area contributed by atoms with Crippen molar-refractivity contribution in [1.29, 1.82) is 0 Å². The van der Waals surface area contributed by atoms with Gasteiger partial charge in [-0.2, -0.15) is 9.40 Å². The molecule has 0 radical (unpaired) electrons. The molecule has 0 bridgehead atoms. The van der Waals surface area contributed by atoms with Crippen LogP contribution in [0.15, 0.2) is 33.7 Å². The van der Waals surface area contributed by atoms with Crippen molar-refractivity contribution in [2.45, 2.75) is 31.7 Å². The molecule has 1 aliphatic rings. The largest absolute Gasteiger partial charge is 0.360 e. The Morgan fingerprint density at radius 2 is 1.96 bits per heavy atom. The van der Waals surface area contributed by atoms with Crippen LogP contribution >= 0.6 is 0 Å². The fourth-order valence-corrected chi connectivity index (χ4v) is 5.32. The van der Waals surface area contributed by atoms with Crippen LogP contribution in [0.5, 0.6) is 0 Å². The molecule has 9 heteroatoms. The van der Waals surface area contributed by atoms with Gasteiger partial charge in [0.05, 0.1) is 11.4 Å². The van der Waals surface area contributed by atoms with Gasteiger partial charge >= 0.3 is 0 Å². The third kappa shape index (κ3) is 2.78. The zero-order valence-electron chi connectivity index (χ0n) is 15.2. The maximum Gasteiger partial charge on any atom is 0.247 e. The molecule has 3 aromatic rings. The molecule has 1 aromatic carbocycles. The van der Waals surface area contributed by atoms with Gasteiger partial charge in [0.15, 0.2) is 0 Å². The van der Waals surface area contributed by atoms with E-state index in [2.05, 4.69) is 10.3 Å². The van der Waals surface area contributed by atoms with Gasteiger partial charge in [0.1, 0.15) is 22.2 Å². The predicted molar refractivity (Wildman–Crippen MR) is 95.9 cm³/mol. The molecule has 7 nitrogen and oxygen atoms in total. The standard InChI is InChI=1S/C18H19FN4O3S/c1-11-18(12(2)22(3)20-11)27(24,25)23-9-8-16-14(10-23)17(21-26-16)13-6-4-5-7-15(13)19/h4-7H,8-10H2,1-3H3. The minimum Gasteiger partial charge on any atom is -0.360 e. The van der Waals surface area contributed by atoms with Crippen LogP contribution in [-0.4, -0.2) is 34.2 Å². The topological polar surface area (TPSA) is 81.2 Å². The average molecular weight is 390 g/mol. The molecule has 1 aliphatic heterocycles. The van der Waals surface area contributed by atoms with Crippen LogP contribution in [0.1, 0.15) is 22.7 Å². The summed E-state index contributed by atoms with van der Waals surface area (Å²) in [4.78, 5) is 0.220. The highest BCUT2D eigenvalue weighted by Gasteiger charge is 2.35. The summed E-state index contributed by atoms with van der Waals surface area (Å²) in [5, 5.41) is 8.22. The average Bonchev–Trinajstić information content (AvgIpc) is 3.15. The summed E-state index contributed by atoms with van der Waals surface area (Å²) in [7, 11) is -2.03. The highest BCUT2D eigenvalue weighted by molar-refractivity contribution is 7.89. The van der Waals surface area contributed by atoms with E-state index in [9.17, 15) is 12.8 Å². The first-order valence-corrected chi connectivity index (χ1v) is 9.97. The molecule has 0 aliphatic carbocycles. The van der Waals surface area contributed by atoms with Gasteiger partial charge in [-0.25, -0.2) is 12.8 Å². The Morgan fingerprint density at radius 1 is 1.22 bits per heavy atom. The van der Waals surface area contributed by atoms with Crippen LogP contribution in [0, 0.1) is 19.7 Å². The summed E-state index contributed by atoms with van der Waals surface area (Å²) >= 11 is 0. The van der Waals surface area contributed by atoms with Crippen LogP contribution in [0.25, 0.3) is 11.3 Å². The summed E-state index contributed by atoms with van der Waals surface area (Å²) in [6, 6.07) is 6.25. The van der Waals surface area contributed by atoms with Crippen LogP contribution in [0.2, 0.25) is 0 Å². The minimum atomic E-state index is -3.75. The maximum atomic E-state index is 14.2. The van der Waals surface area contributed by atoms with E-state index in [-0.39, 0.29) is 18.0 Å².